The van der Waals surface area contributed by atoms with Crippen molar-refractivity contribution in [1.82, 2.24) is 4.90 Å². The molecule has 0 atom stereocenters. The molecule has 0 radical (unpaired) electrons. The molecule has 16 heavy (non-hydrogen) atoms. The molecule has 1 nitrogen and oxygen atoms in total. The van der Waals surface area contributed by atoms with Gasteiger partial charge in [0.1, 0.15) is 0 Å². The van der Waals surface area contributed by atoms with E-state index in [4.69, 9.17) is 0 Å². The zero-order valence-electron chi connectivity index (χ0n) is 10.2. The number of alkyl halides is 3. The Morgan fingerprint density at radius 3 is 1.94 bits per heavy atom. The summed E-state index contributed by atoms with van der Waals surface area (Å²) in [7, 11) is 1.77. The van der Waals surface area contributed by atoms with Crippen molar-refractivity contribution in [2.75, 3.05) is 25.5 Å². The number of unbranched alkanes of at least 4 members (excludes halogenated alkanes) is 6. The molecular formula is C12H24BrF2N. The molecule has 0 fully saturated rings. The molecule has 0 amide bonds. The van der Waals surface area contributed by atoms with Gasteiger partial charge < -0.3 is 4.90 Å². The van der Waals surface area contributed by atoms with Gasteiger partial charge in [-0.1, -0.05) is 48.0 Å². The first kappa shape index (κ1) is 16.3. The van der Waals surface area contributed by atoms with Crippen molar-refractivity contribution in [3.8, 4) is 0 Å². The van der Waals surface area contributed by atoms with Crippen LogP contribution in [0.2, 0.25) is 0 Å². The van der Waals surface area contributed by atoms with Crippen molar-refractivity contribution in [1.29, 1.82) is 0 Å². The second-order valence-electron chi connectivity index (χ2n) is 4.32. The van der Waals surface area contributed by atoms with Gasteiger partial charge in [0.15, 0.2) is 0 Å². The number of hydrogen-bond donors (Lipinski definition) is 0. The molecule has 0 aliphatic carbocycles. The molecule has 0 aromatic heterocycles. The second kappa shape index (κ2) is 11.8. The van der Waals surface area contributed by atoms with Crippen molar-refractivity contribution in [3.05, 3.63) is 0 Å². The van der Waals surface area contributed by atoms with Crippen LogP contribution in [0.5, 0.6) is 0 Å². The quantitative estimate of drug-likeness (QED) is 0.406. The Kier molecular flexibility index (Phi) is 12.0. The van der Waals surface area contributed by atoms with Crippen LogP contribution >= 0.6 is 15.9 Å². The van der Waals surface area contributed by atoms with E-state index in [0.29, 0.717) is 0 Å². The largest absolute Gasteiger partial charge is 0.301 e. The van der Waals surface area contributed by atoms with Gasteiger partial charge in [-0.15, -0.1) is 0 Å². The maximum Gasteiger partial charge on any atom is 0.251 e. The van der Waals surface area contributed by atoms with Gasteiger partial charge in [0, 0.05) is 5.33 Å². The van der Waals surface area contributed by atoms with Gasteiger partial charge in [-0.3, -0.25) is 0 Å². The summed E-state index contributed by atoms with van der Waals surface area (Å²) >= 11 is 3.41. The van der Waals surface area contributed by atoms with Crippen LogP contribution in [0.25, 0.3) is 0 Å². The minimum atomic E-state index is -2.20. The van der Waals surface area contributed by atoms with E-state index >= 15 is 0 Å². The van der Waals surface area contributed by atoms with Gasteiger partial charge in [-0.05, 0) is 26.4 Å². The molecule has 0 heterocycles. The molecule has 0 aliphatic rings. The lowest BCUT2D eigenvalue weighted by molar-refractivity contribution is 0.0995. The van der Waals surface area contributed by atoms with Gasteiger partial charge in [0.25, 0.3) is 6.43 Å². The molecule has 4 heteroatoms. The first-order valence-corrected chi connectivity index (χ1v) is 7.31. The van der Waals surface area contributed by atoms with Gasteiger partial charge >= 0.3 is 0 Å². The summed E-state index contributed by atoms with van der Waals surface area (Å²) in [6.45, 7) is 0.705. The van der Waals surface area contributed by atoms with E-state index in [1.54, 1.807) is 11.9 Å². The number of halogens is 3. The van der Waals surface area contributed by atoms with E-state index in [1.807, 2.05) is 0 Å². The first-order valence-electron chi connectivity index (χ1n) is 6.19. The van der Waals surface area contributed by atoms with Crippen LogP contribution in [0.1, 0.15) is 44.9 Å². The highest BCUT2D eigenvalue weighted by Gasteiger charge is 2.06. The molecular weight excluding hydrogens is 276 g/mol. The fourth-order valence-electron chi connectivity index (χ4n) is 1.69. The average molecular weight is 300 g/mol. The summed E-state index contributed by atoms with van der Waals surface area (Å²) in [5.74, 6) is 0. The SMILES string of the molecule is CN(CCCCCCCCCBr)CC(F)F. The summed E-state index contributed by atoms with van der Waals surface area (Å²) in [4.78, 5) is 1.72. The summed E-state index contributed by atoms with van der Waals surface area (Å²) in [5, 5.41) is 1.10. The second-order valence-corrected chi connectivity index (χ2v) is 5.11. The van der Waals surface area contributed by atoms with Crippen LogP contribution in [-0.4, -0.2) is 36.8 Å². The summed E-state index contributed by atoms with van der Waals surface area (Å²) in [6.07, 6.45) is 6.40. The van der Waals surface area contributed by atoms with E-state index in [0.717, 1.165) is 18.3 Å². The Bertz CT molecular complexity index is 145. The zero-order chi connectivity index (χ0) is 12.2. The molecule has 0 saturated carbocycles. The Balaban J connectivity index is 3.08. The number of hydrogen-bond acceptors (Lipinski definition) is 1. The third kappa shape index (κ3) is 12.4. The van der Waals surface area contributed by atoms with Gasteiger partial charge in [-0.25, -0.2) is 8.78 Å². The fraction of sp³-hybridized carbons (Fsp3) is 1.00. The summed E-state index contributed by atoms with van der Waals surface area (Å²) in [5.41, 5.74) is 0. The summed E-state index contributed by atoms with van der Waals surface area (Å²) < 4.78 is 24.0. The minimum absolute atomic E-state index is 0.0920. The highest BCUT2D eigenvalue weighted by Crippen LogP contribution is 2.08. The third-order valence-corrected chi connectivity index (χ3v) is 3.18. The normalized spacial score (nSPS) is 11.6. The van der Waals surface area contributed by atoms with Crippen LogP contribution in [-0.2, 0) is 0 Å². The highest BCUT2D eigenvalue weighted by atomic mass is 79.9. The Hall–Kier alpha value is 0.300. The molecule has 0 aromatic carbocycles. The monoisotopic (exact) mass is 299 g/mol. The molecule has 0 N–H and O–H groups in total. The standard InChI is InChI=1S/C12H24BrF2N/c1-16(11-12(14)15)10-8-6-4-2-3-5-7-9-13/h12H,2-11H2,1H3. The van der Waals surface area contributed by atoms with Gasteiger partial charge in [0.2, 0.25) is 0 Å². The molecule has 0 spiro atoms. The molecule has 0 aliphatic heterocycles. The van der Waals surface area contributed by atoms with Crippen LogP contribution < -0.4 is 0 Å². The van der Waals surface area contributed by atoms with Crippen LogP contribution in [0.3, 0.4) is 0 Å². The van der Waals surface area contributed by atoms with E-state index < -0.39 is 6.43 Å². The third-order valence-electron chi connectivity index (χ3n) is 2.62. The van der Waals surface area contributed by atoms with Gasteiger partial charge in [-0.2, -0.15) is 0 Å². The zero-order valence-corrected chi connectivity index (χ0v) is 11.8. The van der Waals surface area contributed by atoms with Crippen LogP contribution in [0.4, 0.5) is 8.78 Å². The van der Waals surface area contributed by atoms with E-state index in [9.17, 15) is 8.78 Å². The Morgan fingerprint density at radius 1 is 0.938 bits per heavy atom. The van der Waals surface area contributed by atoms with E-state index in [2.05, 4.69) is 15.9 Å². The average Bonchev–Trinajstić information content (AvgIpc) is 2.21. The van der Waals surface area contributed by atoms with E-state index in [1.165, 1.54) is 38.5 Å². The van der Waals surface area contributed by atoms with Crippen molar-refractivity contribution >= 4 is 15.9 Å². The van der Waals surface area contributed by atoms with Crippen LogP contribution in [0, 0.1) is 0 Å². The predicted molar refractivity (Wildman–Crippen MR) is 69.6 cm³/mol. The number of nitrogens with zero attached hydrogens (tertiary/aromatic N) is 1. The molecule has 98 valence electrons. The molecule has 0 aromatic rings. The smallest absolute Gasteiger partial charge is 0.251 e. The number of rotatable bonds is 11. The molecule has 0 bridgehead atoms. The fourth-order valence-corrected chi connectivity index (χ4v) is 2.08. The molecule has 0 saturated heterocycles. The topological polar surface area (TPSA) is 3.24 Å². The van der Waals surface area contributed by atoms with Crippen molar-refractivity contribution in [3.63, 3.8) is 0 Å². The van der Waals surface area contributed by atoms with E-state index in [-0.39, 0.29) is 6.54 Å². The van der Waals surface area contributed by atoms with Crippen molar-refractivity contribution in [2.24, 2.45) is 0 Å². The van der Waals surface area contributed by atoms with Crippen molar-refractivity contribution < 1.29 is 8.78 Å². The lowest BCUT2D eigenvalue weighted by Gasteiger charge is -2.15. The van der Waals surface area contributed by atoms with Crippen molar-refractivity contribution in [2.45, 2.75) is 51.4 Å². The highest BCUT2D eigenvalue weighted by molar-refractivity contribution is 9.09. The first-order chi connectivity index (χ1) is 7.66. The lowest BCUT2D eigenvalue weighted by Crippen LogP contribution is -2.25. The predicted octanol–water partition coefficient (Wildman–Crippen LogP) is 4.31. The lowest BCUT2D eigenvalue weighted by atomic mass is 10.1. The van der Waals surface area contributed by atoms with Gasteiger partial charge in [0.05, 0.1) is 6.54 Å². The maximum absolute atomic E-state index is 12.0. The Labute approximate surface area is 107 Å². The molecule has 0 rings (SSSR count). The van der Waals surface area contributed by atoms with Crippen LogP contribution in [0.15, 0.2) is 0 Å². The Morgan fingerprint density at radius 2 is 1.44 bits per heavy atom. The summed E-state index contributed by atoms with van der Waals surface area (Å²) in [6, 6.07) is 0. The maximum atomic E-state index is 12.0. The molecule has 0 unspecified atom stereocenters. The minimum Gasteiger partial charge on any atom is -0.301 e.